The summed E-state index contributed by atoms with van der Waals surface area (Å²) >= 11 is 1.82. The summed E-state index contributed by atoms with van der Waals surface area (Å²) in [7, 11) is 1.62. The Morgan fingerprint density at radius 2 is 2.08 bits per heavy atom. The zero-order chi connectivity index (χ0) is 17.9. The first kappa shape index (κ1) is 17.4. The largest absolute Gasteiger partial charge is 0.496 e. The molecule has 6 nitrogen and oxygen atoms in total. The third-order valence-corrected chi connectivity index (χ3v) is 6.47. The number of likely N-dealkylation sites (tertiary alicyclic amines) is 1. The molecule has 0 radical (unpaired) electrons. The minimum Gasteiger partial charge on any atom is -0.496 e. The number of benzene rings is 1. The van der Waals surface area contributed by atoms with Gasteiger partial charge in [-0.25, -0.2) is 0 Å². The van der Waals surface area contributed by atoms with Crippen LogP contribution in [0.3, 0.4) is 0 Å². The molecule has 1 aromatic carbocycles. The Morgan fingerprint density at radius 3 is 2.85 bits per heavy atom. The van der Waals surface area contributed by atoms with Crippen molar-refractivity contribution in [2.24, 2.45) is 0 Å². The molecular formula is C19H23N3O3S. The molecule has 2 heterocycles. The molecule has 138 valence electrons. The van der Waals surface area contributed by atoms with Crippen molar-refractivity contribution in [2.75, 3.05) is 26.0 Å². The fraction of sp³-hybridized carbons (Fsp3) is 0.526. The average Bonchev–Trinajstić information content (AvgIpc) is 3.31. The van der Waals surface area contributed by atoms with Gasteiger partial charge in [0.1, 0.15) is 5.75 Å². The molecule has 0 atom stereocenters. The van der Waals surface area contributed by atoms with Gasteiger partial charge in [0.05, 0.1) is 24.3 Å². The lowest BCUT2D eigenvalue weighted by Gasteiger charge is -2.37. The summed E-state index contributed by atoms with van der Waals surface area (Å²) in [6.45, 7) is 1.33. The molecule has 2 aromatic rings. The van der Waals surface area contributed by atoms with Crippen LogP contribution < -0.4 is 4.74 Å². The summed E-state index contributed by atoms with van der Waals surface area (Å²) in [6, 6.07) is 7.60. The van der Waals surface area contributed by atoms with Gasteiger partial charge >= 0.3 is 0 Å². The Hall–Kier alpha value is -2.02. The SMILES string of the molecule is COc1ccccc1-c1noc(C2CN(C(=O)CSC3CCCC3)C2)n1. The molecule has 0 N–H and O–H groups in total. The molecule has 7 heteroatoms. The van der Waals surface area contributed by atoms with Gasteiger partial charge in [0.25, 0.3) is 0 Å². The summed E-state index contributed by atoms with van der Waals surface area (Å²) in [5.74, 6) is 2.79. The van der Waals surface area contributed by atoms with Crippen LogP contribution >= 0.6 is 11.8 Å². The number of methoxy groups -OCH3 is 1. The molecule has 1 aromatic heterocycles. The molecule has 0 unspecified atom stereocenters. The summed E-state index contributed by atoms with van der Waals surface area (Å²) in [6.07, 6.45) is 5.13. The van der Waals surface area contributed by atoms with E-state index in [4.69, 9.17) is 9.26 Å². The topological polar surface area (TPSA) is 68.5 Å². The van der Waals surface area contributed by atoms with Crippen LogP contribution in [0.25, 0.3) is 11.4 Å². The lowest BCUT2D eigenvalue weighted by atomic mass is 10.0. The van der Waals surface area contributed by atoms with Crippen molar-refractivity contribution in [3.05, 3.63) is 30.2 Å². The molecule has 2 fully saturated rings. The number of thioether (sulfide) groups is 1. The van der Waals surface area contributed by atoms with Gasteiger partial charge in [-0.2, -0.15) is 4.98 Å². The number of hydrogen-bond acceptors (Lipinski definition) is 6. The minimum atomic E-state index is 0.131. The lowest BCUT2D eigenvalue weighted by Crippen LogP contribution is -2.49. The molecular weight excluding hydrogens is 350 g/mol. The van der Waals surface area contributed by atoms with Crippen LogP contribution in [0.5, 0.6) is 5.75 Å². The maximum atomic E-state index is 12.3. The molecule has 0 bridgehead atoms. The van der Waals surface area contributed by atoms with E-state index in [1.165, 1.54) is 25.7 Å². The highest BCUT2D eigenvalue weighted by Gasteiger charge is 2.36. The van der Waals surface area contributed by atoms with Gasteiger partial charge in [0.15, 0.2) is 0 Å². The second-order valence-corrected chi connectivity index (χ2v) is 8.16. The number of amides is 1. The first-order valence-electron chi connectivity index (χ1n) is 9.11. The average molecular weight is 373 g/mol. The van der Waals surface area contributed by atoms with Gasteiger partial charge in [-0.05, 0) is 25.0 Å². The number of para-hydroxylation sites is 1. The normalized spacial score (nSPS) is 18.1. The number of ether oxygens (including phenoxy) is 1. The van der Waals surface area contributed by atoms with Crippen LogP contribution in [0.15, 0.2) is 28.8 Å². The maximum absolute atomic E-state index is 12.3. The van der Waals surface area contributed by atoms with Crippen LogP contribution in [-0.2, 0) is 4.79 Å². The van der Waals surface area contributed by atoms with Crippen molar-refractivity contribution in [2.45, 2.75) is 36.9 Å². The van der Waals surface area contributed by atoms with Crippen LogP contribution in [-0.4, -0.2) is 52.1 Å². The smallest absolute Gasteiger partial charge is 0.233 e. The second-order valence-electron chi connectivity index (χ2n) is 6.87. The molecule has 2 aliphatic rings. The molecule has 1 saturated heterocycles. The third-order valence-electron chi connectivity index (χ3n) is 5.12. The van der Waals surface area contributed by atoms with Crippen molar-refractivity contribution in [1.29, 1.82) is 0 Å². The van der Waals surface area contributed by atoms with Gasteiger partial charge in [0, 0.05) is 18.3 Å². The monoisotopic (exact) mass is 373 g/mol. The Morgan fingerprint density at radius 1 is 1.31 bits per heavy atom. The van der Waals surface area contributed by atoms with E-state index < -0.39 is 0 Å². The number of carbonyl (C=O) groups excluding carboxylic acids is 1. The van der Waals surface area contributed by atoms with Crippen molar-refractivity contribution < 1.29 is 14.1 Å². The Labute approximate surface area is 157 Å². The number of aromatic nitrogens is 2. The van der Waals surface area contributed by atoms with Gasteiger partial charge in [0.2, 0.25) is 17.6 Å². The van der Waals surface area contributed by atoms with E-state index in [1.54, 1.807) is 7.11 Å². The fourth-order valence-corrected chi connectivity index (χ4v) is 4.74. The number of hydrogen-bond donors (Lipinski definition) is 0. The van der Waals surface area contributed by atoms with Crippen molar-refractivity contribution >= 4 is 17.7 Å². The van der Waals surface area contributed by atoms with Crippen LogP contribution in [0, 0.1) is 0 Å². The molecule has 1 saturated carbocycles. The van der Waals surface area contributed by atoms with Crippen molar-refractivity contribution in [1.82, 2.24) is 15.0 Å². The highest BCUT2D eigenvalue weighted by atomic mass is 32.2. The first-order chi connectivity index (χ1) is 12.7. The van der Waals surface area contributed by atoms with E-state index in [9.17, 15) is 4.79 Å². The highest BCUT2D eigenvalue weighted by molar-refractivity contribution is 8.00. The molecule has 0 spiro atoms. The molecule has 4 rings (SSSR count). The summed E-state index contributed by atoms with van der Waals surface area (Å²) < 4.78 is 10.8. The van der Waals surface area contributed by atoms with E-state index >= 15 is 0 Å². The highest BCUT2D eigenvalue weighted by Crippen LogP contribution is 2.33. The van der Waals surface area contributed by atoms with Crippen LogP contribution in [0.4, 0.5) is 0 Å². The van der Waals surface area contributed by atoms with Gasteiger partial charge < -0.3 is 14.2 Å². The second kappa shape index (κ2) is 7.70. The van der Waals surface area contributed by atoms with E-state index in [1.807, 2.05) is 40.9 Å². The minimum absolute atomic E-state index is 0.131. The van der Waals surface area contributed by atoms with E-state index in [2.05, 4.69) is 10.1 Å². The van der Waals surface area contributed by atoms with Crippen molar-refractivity contribution in [3.8, 4) is 17.1 Å². The summed E-state index contributed by atoms with van der Waals surface area (Å²) in [4.78, 5) is 18.7. The Balaban J connectivity index is 1.32. The predicted molar refractivity (Wildman–Crippen MR) is 100 cm³/mol. The number of carbonyl (C=O) groups is 1. The number of rotatable bonds is 6. The van der Waals surface area contributed by atoms with Crippen LogP contribution in [0.1, 0.15) is 37.5 Å². The first-order valence-corrected chi connectivity index (χ1v) is 10.2. The molecule has 1 aliphatic carbocycles. The van der Waals surface area contributed by atoms with Gasteiger partial charge in [-0.15, -0.1) is 11.8 Å². The summed E-state index contributed by atoms with van der Waals surface area (Å²) in [5.41, 5.74) is 0.810. The zero-order valence-corrected chi connectivity index (χ0v) is 15.7. The number of nitrogens with zero attached hydrogens (tertiary/aromatic N) is 3. The maximum Gasteiger partial charge on any atom is 0.233 e. The van der Waals surface area contributed by atoms with E-state index in [0.29, 0.717) is 41.6 Å². The quantitative estimate of drug-likeness (QED) is 0.773. The van der Waals surface area contributed by atoms with Gasteiger partial charge in [-0.3, -0.25) is 4.79 Å². The Bertz CT molecular complexity index is 767. The van der Waals surface area contributed by atoms with Crippen LogP contribution in [0.2, 0.25) is 0 Å². The van der Waals surface area contributed by atoms with Gasteiger partial charge in [-0.1, -0.05) is 30.1 Å². The molecule has 26 heavy (non-hydrogen) atoms. The lowest BCUT2D eigenvalue weighted by molar-refractivity contribution is -0.133. The molecule has 1 aliphatic heterocycles. The standard InChI is InChI=1S/C19H23N3O3S/c1-24-16-9-5-4-8-15(16)18-20-19(25-21-18)13-10-22(11-13)17(23)12-26-14-6-2-3-7-14/h4-5,8-9,13-14H,2-3,6-7,10-12H2,1H3. The molecule has 1 amide bonds. The Kier molecular flexibility index (Phi) is 5.15. The zero-order valence-electron chi connectivity index (χ0n) is 14.9. The summed E-state index contributed by atoms with van der Waals surface area (Å²) in [5, 5.41) is 4.76. The predicted octanol–water partition coefficient (Wildman–Crippen LogP) is 3.35. The fourth-order valence-electron chi connectivity index (χ4n) is 3.51. The van der Waals surface area contributed by atoms with E-state index in [0.717, 1.165) is 5.56 Å². The van der Waals surface area contributed by atoms with Crippen molar-refractivity contribution in [3.63, 3.8) is 0 Å². The van der Waals surface area contributed by atoms with E-state index in [-0.39, 0.29) is 11.8 Å². The third kappa shape index (κ3) is 3.58.